The lowest BCUT2D eigenvalue weighted by Crippen LogP contribution is -2.10. The van der Waals surface area contributed by atoms with Gasteiger partial charge in [-0.15, -0.1) is 0 Å². The molecule has 0 spiro atoms. The molecule has 1 rings (SSSR count). The Morgan fingerprint density at radius 2 is 1.27 bits per heavy atom. The average molecular weight is 216 g/mol. The van der Waals surface area contributed by atoms with Gasteiger partial charge in [0.25, 0.3) is 0 Å². The summed E-state index contributed by atoms with van der Waals surface area (Å²) in [5, 5.41) is 2.75. The Balaban J connectivity index is 0. The maximum atomic E-state index is 2.75. The number of rotatable bonds is 3. The maximum Gasteiger partial charge on any atom is -0.00213 e. The highest BCUT2D eigenvalue weighted by Gasteiger charge is 2.03. The van der Waals surface area contributed by atoms with Crippen LogP contribution in [0.15, 0.2) is 0 Å². The van der Waals surface area contributed by atoms with E-state index in [4.69, 9.17) is 0 Å². The van der Waals surface area contributed by atoms with Crippen molar-refractivity contribution < 1.29 is 0 Å². The zero-order valence-electron chi connectivity index (χ0n) is 11.6. The molecule has 0 atom stereocenters. The van der Waals surface area contributed by atoms with Gasteiger partial charge in [0.2, 0.25) is 0 Å². The van der Waals surface area contributed by atoms with E-state index in [2.05, 4.69) is 31.1 Å². The van der Waals surface area contributed by atoms with E-state index in [0.29, 0.717) is 0 Å². The van der Waals surface area contributed by atoms with Crippen LogP contribution in [0, 0.1) is 0 Å². The predicted molar refractivity (Wildman–Crippen MR) is 71.5 cm³/mol. The summed E-state index contributed by atoms with van der Waals surface area (Å²) >= 11 is 0. The van der Waals surface area contributed by atoms with E-state index < -0.39 is 0 Å². The lowest BCUT2D eigenvalue weighted by molar-refractivity contribution is 0.418. The average Bonchev–Trinajstić information content (AvgIpc) is 2.68. The van der Waals surface area contributed by atoms with Crippen molar-refractivity contribution in [2.45, 2.75) is 52.4 Å². The van der Waals surface area contributed by atoms with E-state index in [9.17, 15) is 0 Å². The third kappa shape index (κ3) is 20.1. The van der Waals surface area contributed by atoms with E-state index in [1.54, 1.807) is 0 Å². The van der Waals surface area contributed by atoms with Gasteiger partial charge in [0.1, 0.15) is 0 Å². The summed E-state index contributed by atoms with van der Waals surface area (Å²) in [6.45, 7) is 7.10. The van der Waals surface area contributed by atoms with Gasteiger partial charge in [-0.3, -0.25) is 0 Å². The topological polar surface area (TPSA) is 15.3 Å². The van der Waals surface area contributed by atoms with Crippen LogP contribution >= 0.6 is 0 Å². The van der Waals surface area contributed by atoms with Crippen molar-refractivity contribution >= 4 is 0 Å². The molecule has 1 heterocycles. The van der Waals surface area contributed by atoms with Crippen LogP contribution in [0.25, 0.3) is 0 Å². The first kappa shape index (κ1) is 17.3. The Hall–Kier alpha value is -0.0800. The maximum absolute atomic E-state index is 2.75. The Morgan fingerprint density at radius 1 is 0.933 bits per heavy atom. The number of hydrogen-bond donors (Lipinski definition) is 1. The van der Waals surface area contributed by atoms with E-state index >= 15 is 0 Å². The molecule has 0 saturated carbocycles. The highest BCUT2D eigenvalue weighted by atomic mass is 15.1. The van der Waals surface area contributed by atoms with Crippen molar-refractivity contribution in [2.24, 2.45) is 0 Å². The Morgan fingerprint density at radius 3 is 1.40 bits per heavy atom. The van der Waals surface area contributed by atoms with Crippen LogP contribution in [0.1, 0.15) is 52.4 Å². The molecule has 0 aliphatic carbocycles. The molecule has 1 N–H and O–H groups in total. The summed E-state index contributed by atoms with van der Waals surface area (Å²) in [5.74, 6) is 0. The van der Waals surface area contributed by atoms with Gasteiger partial charge >= 0.3 is 0 Å². The Bertz CT molecular complexity index is 84.5. The molecule has 0 bridgehead atoms. The zero-order valence-corrected chi connectivity index (χ0v) is 11.6. The number of nitrogens with zero attached hydrogens (tertiary/aromatic N) is 1. The third-order valence-corrected chi connectivity index (χ3v) is 2.29. The van der Waals surface area contributed by atoms with E-state index in [0.717, 1.165) is 0 Å². The summed E-state index contributed by atoms with van der Waals surface area (Å²) in [7, 11) is 5.92. The highest BCUT2D eigenvalue weighted by molar-refractivity contribution is 4.59. The summed E-state index contributed by atoms with van der Waals surface area (Å²) in [6, 6.07) is 0. The molecule has 15 heavy (non-hydrogen) atoms. The van der Waals surface area contributed by atoms with Gasteiger partial charge < -0.3 is 10.2 Å². The molecule has 0 unspecified atom stereocenters. The number of nitrogens with one attached hydrogen (secondary N) is 1. The standard InChI is InChI=1S/C6H14.C5H11N.C2H7N/c1-3-5-6-4-2;1-6-4-2-3-5-6;1-3-2/h3-6H2,1-2H3;2-5H2,1H3;3H,1-2H3. The molecule has 0 aromatic rings. The molecule has 0 aromatic carbocycles. The molecule has 1 aliphatic heterocycles. The van der Waals surface area contributed by atoms with Crippen LogP contribution in [0.2, 0.25) is 0 Å². The first-order valence-electron chi connectivity index (χ1n) is 6.49. The van der Waals surface area contributed by atoms with E-state index in [1.807, 2.05) is 14.1 Å². The van der Waals surface area contributed by atoms with Crippen molar-refractivity contribution in [2.75, 3.05) is 34.2 Å². The Kier molecular flexibility index (Phi) is 18.9. The molecule has 1 aliphatic rings. The second kappa shape index (κ2) is 16.4. The van der Waals surface area contributed by atoms with Crippen molar-refractivity contribution in [1.82, 2.24) is 10.2 Å². The van der Waals surface area contributed by atoms with Crippen molar-refractivity contribution in [1.29, 1.82) is 0 Å². The molecule has 1 saturated heterocycles. The van der Waals surface area contributed by atoms with Crippen molar-refractivity contribution in [3.63, 3.8) is 0 Å². The minimum atomic E-state index is 1.32. The van der Waals surface area contributed by atoms with Gasteiger partial charge in [-0.05, 0) is 47.1 Å². The smallest absolute Gasteiger partial charge is 0.00213 e. The number of unbranched alkanes of at least 4 members (excludes halogenated alkanes) is 3. The van der Waals surface area contributed by atoms with E-state index in [1.165, 1.54) is 51.6 Å². The molecule has 94 valence electrons. The van der Waals surface area contributed by atoms with E-state index in [-0.39, 0.29) is 0 Å². The van der Waals surface area contributed by atoms with Gasteiger partial charge in [0.05, 0.1) is 0 Å². The largest absolute Gasteiger partial charge is 0.323 e. The van der Waals surface area contributed by atoms with Crippen LogP contribution < -0.4 is 5.32 Å². The molecule has 0 aromatic heterocycles. The quantitative estimate of drug-likeness (QED) is 0.729. The SMILES string of the molecule is CCCCCC.CN1CCCC1.CNC. The summed E-state index contributed by atoms with van der Waals surface area (Å²) in [5.41, 5.74) is 0. The Labute approximate surface area is 97.4 Å². The van der Waals surface area contributed by atoms with Crippen LogP contribution in [0.4, 0.5) is 0 Å². The minimum Gasteiger partial charge on any atom is -0.323 e. The summed E-state index contributed by atoms with van der Waals surface area (Å²) < 4.78 is 0. The molecule has 1 fully saturated rings. The summed E-state index contributed by atoms with van der Waals surface area (Å²) in [6.07, 6.45) is 8.36. The molecule has 0 radical (unpaired) electrons. The summed E-state index contributed by atoms with van der Waals surface area (Å²) in [4.78, 5) is 2.36. The third-order valence-electron chi connectivity index (χ3n) is 2.29. The van der Waals surface area contributed by atoms with Crippen LogP contribution in [0.5, 0.6) is 0 Å². The first-order chi connectivity index (χ1) is 7.22. The molecule has 0 amide bonds. The van der Waals surface area contributed by atoms with Crippen LogP contribution in [0.3, 0.4) is 0 Å². The van der Waals surface area contributed by atoms with Gasteiger partial charge in [-0.25, -0.2) is 0 Å². The fourth-order valence-corrected chi connectivity index (χ4v) is 1.38. The normalized spacial score (nSPS) is 15.0. The minimum absolute atomic E-state index is 1.32. The number of likely N-dealkylation sites (tertiary alicyclic amines) is 1. The number of hydrogen-bond acceptors (Lipinski definition) is 2. The van der Waals surface area contributed by atoms with Crippen LogP contribution in [-0.4, -0.2) is 39.1 Å². The van der Waals surface area contributed by atoms with Gasteiger partial charge in [0.15, 0.2) is 0 Å². The lowest BCUT2D eigenvalue weighted by atomic mass is 10.2. The highest BCUT2D eigenvalue weighted by Crippen LogP contribution is 2.02. The lowest BCUT2D eigenvalue weighted by Gasteiger charge is -2.01. The molecule has 2 heteroatoms. The second-order valence-electron chi connectivity index (χ2n) is 4.22. The first-order valence-corrected chi connectivity index (χ1v) is 6.49. The van der Waals surface area contributed by atoms with Gasteiger partial charge in [-0.2, -0.15) is 0 Å². The molecular formula is C13H32N2. The molecular weight excluding hydrogens is 184 g/mol. The van der Waals surface area contributed by atoms with Gasteiger partial charge in [0, 0.05) is 0 Å². The van der Waals surface area contributed by atoms with Gasteiger partial charge in [-0.1, -0.05) is 39.5 Å². The monoisotopic (exact) mass is 216 g/mol. The molecule has 2 nitrogen and oxygen atoms in total. The predicted octanol–water partition coefficient (Wildman–Crippen LogP) is 3.13. The van der Waals surface area contributed by atoms with Crippen LogP contribution in [-0.2, 0) is 0 Å². The van der Waals surface area contributed by atoms with Crippen molar-refractivity contribution in [3.05, 3.63) is 0 Å². The zero-order chi connectivity index (χ0) is 11.9. The second-order valence-corrected chi connectivity index (χ2v) is 4.22. The fraction of sp³-hybridized carbons (Fsp3) is 1.00. The van der Waals surface area contributed by atoms with Crippen molar-refractivity contribution in [3.8, 4) is 0 Å². The fourth-order valence-electron chi connectivity index (χ4n) is 1.38.